The van der Waals surface area contributed by atoms with Gasteiger partial charge in [0.05, 0.1) is 17.9 Å². The maximum Gasteiger partial charge on any atom is 0.101 e. The molecular formula is C13H18N2O. The smallest absolute Gasteiger partial charge is 0.101 e. The summed E-state index contributed by atoms with van der Waals surface area (Å²) in [5, 5.41) is 12.4. The highest BCUT2D eigenvalue weighted by molar-refractivity contribution is 5.62. The van der Waals surface area contributed by atoms with E-state index in [0.717, 1.165) is 17.7 Å². The van der Waals surface area contributed by atoms with Crippen LogP contribution in [0.25, 0.3) is 0 Å². The summed E-state index contributed by atoms with van der Waals surface area (Å²) in [6, 6.07) is 8.18. The molecule has 1 unspecified atom stereocenters. The molecule has 3 nitrogen and oxygen atoms in total. The van der Waals surface area contributed by atoms with Crippen molar-refractivity contribution >= 4 is 5.69 Å². The lowest BCUT2D eigenvalue weighted by Gasteiger charge is -2.19. The Hall–Kier alpha value is -1.53. The van der Waals surface area contributed by atoms with E-state index in [1.54, 1.807) is 7.11 Å². The number of nitriles is 1. The van der Waals surface area contributed by atoms with Crippen molar-refractivity contribution in [2.75, 3.05) is 19.0 Å². The lowest BCUT2D eigenvalue weighted by Crippen LogP contribution is -2.24. The molecular weight excluding hydrogens is 200 g/mol. The Labute approximate surface area is 97.0 Å². The van der Waals surface area contributed by atoms with Crippen LogP contribution in [0.2, 0.25) is 0 Å². The third kappa shape index (κ3) is 2.98. The molecule has 0 fully saturated rings. The standard InChI is InChI=1S/C13H18N2O/c1-4-12(9-16-3)15-13-10(2)6-5-7-11(13)8-14/h5-7,12,15H,4,9H2,1-3H3. The van der Waals surface area contributed by atoms with Gasteiger partial charge in [-0.25, -0.2) is 0 Å². The van der Waals surface area contributed by atoms with Crippen LogP contribution in [0.15, 0.2) is 18.2 Å². The molecule has 0 bridgehead atoms. The summed E-state index contributed by atoms with van der Waals surface area (Å²) in [4.78, 5) is 0. The number of methoxy groups -OCH3 is 1. The van der Waals surface area contributed by atoms with Gasteiger partial charge in [-0.15, -0.1) is 0 Å². The zero-order valence-corrected chi connectivity index (χ0v) is 10.1. The van der Waals surface area contributed by atoms with Gasteiger partial charge in [-0.05, 0) is 25.0 Å². The van der Waals surface area contributed by atoms with Crippen LogP contribution in [0.5, 0.6) is 0 Å². The predicted molar refractivity (Wildman–Crippen MR) is 65.5 cm³/mol. The molecule has 1 aromatic rings. The molecule has 1 atom stereocenters. The minimum absolute atomic E-state index is 0.248. The van der Waals surface area contributed by atoms with Crippen molar-refractivity contribution in [1.82, 2.24) is 0 Å². The van der Waals surface area contributed by atoms with E-state index in [1.807, 2.05) is 25.1 Å². The van der Waals surface area contributed by atoms with E-state index < -0.39 is 0 Å². The number of nitrogens with one attached hydrogen (secondary N) is 1. The van der Waals surface area contributed by atoms with Crippen LogP contribution in [0.1, 0.15) is 24.5 Å². The highest BCUT2D eigenvalue weighted by Crippen LogP contribution is 2.21. The van der Waals surface area contributed by atoms with Gasteiger partial charge in [0.25, 0.3) is 0 Å². The monoisotopic (exact) mass is 218 g/mol. The maximum absolute atomic E-state index is 9.04. The zero-order valence-electron chi connectivity index (χ0n) is 10.1. The number of aryl methyl sites for hydroxylation is 1. The topological polar surface area (TPSA) is 45.0 Å². The Morgan fingerprint density at radius 2 is 2.25 bits per heavy atom. The molecule has 0 aliphatic carbocycles. The molecule has 3 heteroatoms. The molecule has 0 aliphatic rings. The molecule has 0 aliphatic heterocycles. The van der Waals surface area contributed by atoms with Crippen molar-refractivity contribution < 1.29 is 4.74 Å². The van der Waals surface area contributed by atoms with Crippen molar-refractivity contribution in [3.63, 3.8) is 0 Å². The highest BCUT2D eigenvalue weighted by Gasteiger charge is 2.10. The molecule has 1 aromatic carbocycles. The zero-order chi connectivity index (χ0) is 12.0. The Balaban J connectivity index is 2.91. The average Bonchev–Trinajstić information content (AvgIpc) is 2.30. The van der Waals surface area contributed by atoms with Gasteiger partial charge in [0.1, 0.15) is 6.07 Å². The van der Waals surface area contributed by atoms with Crippen molar-refractivity contribution in [1.29, 1.82) is 5.26 Å². The fourth-order valence-electron chi connectivity index (χ4n) is 1.62. The van der Waals surface area contributed by atoms with Crippen LogP contribution in [0.3, 0.4) is 0 Å². The number of hydrogen-bond donors (Lipinski definition) is 1. The largest absolute Gasteiger partial charge is 0.383 e. The van der Waals surface area contributed by atoms with E-state index in [9.17, 15) is 0 Å². The van der Waals surface area contributed by atoms with E-state index in [1.165, 1.54) is 0 Å². The first-order valence-corrected chi connectivity index (χ1v) is 5.48. The molecule has 0 aromatic heterocycles. The van der Waals surface area contributed by atoms with Crippen LogP contribution in [-0.4, -0.2) is 19.8 Å². The molecule has 1 N–H and O–H groups in total. The van der Waals surface area contributed by atoms with Crippen molar-refractivity contribution in [3.8, 4) is 6.07 Å². The Morgan fingerprint density at radius 1 is 1.50 bits per heavy atom. The first-order valence-electron chi connectivity index (χ1n) is 5.48. The number of rotatable bonds is 5. The van der Waals surface area contributed by atoms with E-state index >= 15 is 0 Å². The molecule has 0 radical (unpaired) electrons. The summed E-state index contributed by atoms with van der Waals surface area (Å²) in [6.07, 6.45) is 0.965. The molecule has 0 amide bonds. The van der Waals surface area contributed by atoms with Crippen molar-refractivity contribution in [3.05, 3.63) is 29.3 Å². The number of para-hydroxylation sites is 1. The first-order chi connectivity index (χ1) is 7.72. The van der Waals surface area contributed by atoms with Gasteiger partial charge in [0.15, 0.2) is 0 Å². The number of ether oxygens (including phenoxy) is 1. The quantitative estimate of drug-likeness (QED) is 0.826. The summed E-state index contributed by atoms with van der Waals surface area (Å²) in [5.74, 6) is 0. The van der Waals surface area contributed by atoms with Crippen LogP contribution in [0.4, 0.5) is 5.69 Å². The number of benzene rings is 1. The summed E-state index contributed by atoms with van der Waals surface area (Å²) in [7, 11) is 1.69. The second-order valence-corrected chi connectivity index (χ2v) is 3.81. The Bertz CT molecular complexity index is 382. The third-order valence-electron chi connectivity index (χ3n) is 2.60. The van der Waals surface area contributed by atoms with Gasteiger partial charge in [0.2, 0.25) is 0 Å². The normalized spacial score (nSPS) is 11.9. The summed E-state index contributed by atoms with van der Waals surface area (Å²) in [5.41, 5.74) is 2.71. The second kappa shape index (κ2) is 6.14. The SMILES string of the molecule is CCC(COC)Nc1c(C)cccc1C#N. The molecule has 0 saturated heterocycles. The van der Waals surface area contributed by atoms with Crippen molar-refractivity contribution in [2.24, 2.45) is 0 Å². The number of anilines is 1. The third-order valence-corrected chi connectivity index (χ3v) is 2.60. The minimum Gasteiger partial charge on any atom is -0.383 e. The molecule has 0 heterocycles. The molecule has 86 valence electrons. The summed E-state index contributed by atoms with van der Waals surface area (Å²) in [6.45, 7) is 4.75. The summed E-state index contributed by atoms with van der Waals surface area (Å²) >= 11 is 0. The second-order valence-electron chi connectivity index (χ2n) is 3.81. The van der Waals surface area contributed by atoms with Gasteiger partial charge in [-0.3, -0.25) is 0 Å². The van der Waals surface area contributed by atoms with E-state index in [4.69, 9.17) is 10.00 Å². The summed E-state index contributed by atoms with van der Waals surface area (Å²) < 4.78 is 5.14. The molecule has 0 spiro atoms. The Morgan fingerprint density at radius 3 is 2.81 bits per heavy atom. The van der Waals surface area contributed by atoms with Crippen molar-refractivity contribution in [2.45, 2.75) is 26.3 Å². The maximum atomic E-state index is 9.04. The van der Waals surface area contributed by atoms with Crippen LogP contribution >= 0.6 is 0 Å². The minimum atomic E-state index is 0.248. The van der Waals surface area contributed by atoms with Crippen LogP contribution in [0, 0.1) is 18.3 Å². The predicted octanol–water partition coefficient (Wildman–Crippen LogP) is 2.70. The van der Waals surface area contributed by atoms with Gasteiger partial charge in [-0.2, -0.15) is 5.26 Å². The molecule has 0 saturated carbocycles. The van der Waals surface area contributed by atoms with E-state index in [2.05, 4.69) is 18.3 Å². The lowest BCUT2D eigenvalue weighted by atomic mass is 10.1. The number of nitrogens with zero attached hydrogens (tertiary/aromatic N) is 1. The molecule has 1 rings (SSSR count). The number of hydrogen-bond acceptors (Lipinski definition) is 3. The van der Waals surface area contributed by atoms with Gasteiger partial charge < -0.3 is 10.1 Å². The van der Waals surface area contributed by atoms with E-state index in [0.29, 0.717) is 12.2 Å². The van der Waals surface area contributed by atoms with Gasteiger partial charge in [-0.1, -0.05) is 19.1 Å². The highest BCUT2D eigenvalue weighted by atomic mass is 16.5. The Kier molecular flexibility index (Phi) is 4.81. The van der Waals surface area contributed by atoms with Crippen LogP contribution in [-0.2, 0) is 4.74 Å². The fraction of sp³-hybridized carbons (Fsp3) is 0.462. The van der Waals surface area contributed by atoms with Crippen LogP contribution < -0.4 is 5.32 Å². The average molecular weight is 218 g/mol. The molecule has 16 heavy (non-hydrogen) atoms. The fourth-order valence-corrected chi connectivity index (χ4v) is 1.62. The first kappa shape index (κ1) is 12.5. The lowest BCUT2D eigenvalue weighted by molar-refractivity contribution is 0.184. The van der Waals surface area contributed by atoms with Gasteiger partial charge in [0, 0.05) is 13.2 Å². The van der Waals surface area contributed by atoms with E-state index in [-0.39, 0.29) is 6.04 Å². The van der Waals surface area contributed by atoms with Gasteiger partial charge >= 0.3 is 0 Å².